The molecule has 0 aromatic carbocycles. The van der Waals surface area contributed by atoms with Crippen LogP contribution in [0, 0.1) is 24.2 Å². The quantitative estimate of drug-likeness (QED) is 0.822. The molecule has 1 atom stereocenters. The maximum atomic E-state index is 13.0. The summed E-state index contributed by atoms with van der Waals surface area (Å²) in [7, 11) is 0. The van der Waals surface area contributed by atoms with Crippen molar-refractivity contribution in [2.75, 3.05) is 24.6 Å². The number of rotatable bonds is 3. The Morgan fingerprint density at radius 3 is 2.85 bits per heavy atom. The lowest BCUT2D eigenvalue weighted by Crippen LogP contribution is -2.42. The number of anilines is 1. The van der Waals surface area contributed by atoms with E-state index in [4.69, 9.17) is 14.5 Å². The van der Waals surface area contributed by atoms with E-state index in [0.29, 0.717) is 44.2 Å². The molecule has 27 heavy (non-hydrogen) atoms. The second kappa shape index (κ2) is 7.37. The molecule has 0 saturated carbocycles. The number of furan rings is 1. The van der Waals surface area contributed by atoms with Crippen LogP contribution in [0.3, 0.4) is 0 Å². The van der Waals surface area contributed by atoms with Crippen molar-refractivity contribution in [1.29, 1.82) is 5.26 Å². The lowest BCUT2D eigenvalue weighted by molar-refractivity contribution is -0.183. The lowest BCUT2D eigenvalue weighted by Gasteiger charge is -2.33. The van der Waals surface area contributed by atoms with E-state index in [9.17, 15) is 4.79 Å². The molecule has 2 aliphatic heterocycles. The van der Waals surface area contributed by atoms with Gasteiger partial charge in [0.25, 0.3) is 0 Å². The summed E-state index contributed by atoms with van der Waals surface area (Å²) >= 11 is 0. The van der Waals surface area contributed by atoms with Gasteiger partial charge in [0.05, 0.1) is 12.9 Å². The second-order valence-electron chi connectivity index (χ2n) is 6.94. The van der Waals surface area contributed by atoms with Gasteiger partial charge in [-0.15, -0.1) is 0 Å². The minimum atomic E-state index is -0.153. The maximum Gasteiger partial charge on any atom is 0.250 e. The topological polar surface area (TPSA) is 95.5 Å². The molecule has 2 aromatic heterocycles. The van der Waals surface area contributed by atoms with Crippen LogP contribution >= 0.6 is 0 Å². The molecule has 0 N–H and O–H groups in total. The third-order valence-electron chi connectivity index (χ3n) is 5.09. The Bertz CT molecular complexity index is 866. The largest absolute Gasteiger partial charge is 0.467 e. The van der Waals surface area contributed by atoms with E-state index in [1.165, 1.54) is 5.06 Å². The standard InChI is InChI=1S/C19H21N5O3/c1-13-10-17(26-12-13)16-5-9-27-24(16)18(25)14-3-7-23(8-4-14)19-21-6-2-15(11-20)22-19/h2,6,10,12,14,16H,3-5,7-9H2,1H3. The Hall–Kier alpha value is -2.92. The minimum absolute atomic E-state index is 0.0119. The van der Waals surface area contributed by atoms with Crippen LogP contribution in [-0.4, -0.2) is 40.6 Å². The number of amides is 1. The van der Waals surface area contributed by atoms with Crippen LogP contribution in [0.25, 0.3) is 0 Å². The fourth-order valence-corrected chi connectivity index (χ4v) is 3.64. The summed E-state index contributed by atoms with van der Waals surface area (Å²) in [4.78, 5) is 29.1. The lowest BCUT2D eigenvalue weighted by atomic mass is 9.95. The van der Waals surface area contributed by atoms with Gasteiger partial charge < -0.3 is 9.32 Å². The summed E-state index contributed by atoms with van der Waals surface area (Å²) in [6.45, 7) is 3.82. The minimum Gasteiger partial charge on any atom is -0.467 e. The summed E-state index contributed by atoms with van der Waals surface area (Å²) in [6, 6.07) is 5.42. The SMILES string of the molecule is Cc1coc(C2CCON2C(=O)C2CCN(c3nccc(C#N)n3)CC2)c1. The van der Waals surface area contributed by atoms with Gasteiger partial charge >= 0.3 is 0 Å². The zero-order chi connectivity index (χ0) is 18.8. The number of carbonyl (C=O) groups is 1. The number of nitrogens with zero attached hydrogens (tertiary/aromatic N) is 5. The zero-order valence-electron chi connectivity index (χ0n) is 15.2. The van der Waals surface area contributed by atoms with Crippen molar-refractivity contribution in [2.24, 2.45) is 5.92 Å². The maximum absolute atomic E-state index is 13.0. The fraction of sp³-hybridized carbons (Fsp3) is 0.474. The van der Waals surface area contributed by atoms with Crippen molar-refractivity contribution in [3.05, 3.63) is 41.6 Å². The highest BCUT2D eigenvalue weighted by Gasteiger charge is 2.38. The summed E-state index contributed by atoms with van der Waals surface area (Å²) in [5.41, 5.74) is 1.39. The Morgan fingerprint density at radius 2 is 2.15 bits per heavy atom. The van der Waals surface area contributed by atoms with E-state index in [2.05, 4.69) is 9.97 Å². The van der Waals surface area contributed by atoms with E-state index >= 15 is 0 Å². The predicted molar refractivity (Wildman–Crippen MR) is 95.3 cm³/mol. The number of hydrogen-bond donors (Lipinski definition) is 0. The molecule has 8 heteroatoms. The van der Waals surface area contributed by atoms with Gasteiger partial charge in [0.2, 0.25) is 11.9 Å². The summed E-state index contributed by atoms with van der Waals surface area (Å²) in [6.07, 6.45) is 5.42. The molecule has 0 bridgehead atoms. The van der Waals surface area contributed by atoms with Gasteiger partial charge in [0.1, 0.15) is 23.6 Å². The Morgan fingerprint density at radius 1 is 1.33 bits per heavy atom. The first kappa shape index (κ1) is 17.5. The molecule has 0 aliphatic carbocycles. The average Bonchev–Trinajstić information content (AvgIpc) is 3.36. The van der Waals surface area contributed by atoms with Crippen LogP contribution in [0.2, 0.25) is 0 Å². The van der Waals surface area contributed by atoms with Gasteiger partial charge in [-0.05, 0) is 37.5 Å². The molecular weight excluding hydrogens is 346 g/mol. The molecule has 4 rings (SSSR count). The molecule has 4 heterocycles. The molecule has 2 fully saturated rings. The monoisotopic (exact) mass is 367 g/mol. The summed E-state index contributed by atoms with van der Waals surface area (Å²) < 4.78 is 5.59. The highest BCUT2D eigenvalue weighted by molar-refractivity contribution is 5.78. The van der Waals surface area contributed by atoms with E-state index in [1.54, 1.807) is 18.5 Å². The number of piperidine rings is 1. The van der Waals surface area contributed by atoms with Gasteiger partial charge in [-0.1, -0.05) is 0 Å². The average molecular weight is 367 g/mol. The molecular formula is C19H21N5O3. The Balaban J connectivity index is 1.40. The van der Waals surface area contributed by atoms with Crippen molar-refractivity contribution in [1.82, 2.24) is 15.0 Å². The number of hydrogen-bond acceptors (Lipinski definition) is 7. The third-order valence-corrected chi connectivity index (χ3v) is 5.09. The summed E-state index contributed by atoms with van der Waals surface area (Å²) in [5.74, 6) is 1.23. The smallest absolute Gasteiger partial charge is 0.250 e. The number of hydroxylamine groups is 2. The molecule has 2 aromatic rings. The van der Waals surface area contributed by atoms with Gasteiger partial charge in [0.15, 0.2) is 0 Å². The van der Waals surface area contributed by atoms with Crippen molar-refractivity contribution >= 4 is 11.9 Å². The Labute approximate surface area is 157 Å². The van der Waals surface area contributed by atoms with Gasteiger partial charge in [-0.25, -0.2) is 15.0 Å². The van der Waals surface area contributed by atoms with Crippen LogP contribution in [0.15, 0.2) is 29.0 Å². The van der Waals surface area contributed by atoms with E-state index in [0.717, 1.165) is 17.7 Å². The first-order valence-corrected chi connectivity index (χ1v) is 9.15. The van der Waals surface area contributed by atoms with Crippen molar-refractivity contribution in [3.8, 4) is 6.07 Å². The van der Waals surface area contributed by atoms with E-state index < -0.39 is 0 Å². The van der Waals surface area contributed by atoms with Gasteiger partial charge in [0, 0.05) is 31.6 Å². The van der Waals surface area contributed by atoms with Crippen molar-refractivity contribution in [2.45, 2.75) is 32.2 Å². The van der Waals surface area contributed by atoms with Crippen LogP contribution < -0.4 is 4.90 Å². The highest BCUT2D eigenvalue weighted by Crippen LogP contribution is 2.34. The molecule has 140 valence electrons. The van der Waals surface area contributed by atoms with E-state index in [1.807, 2.05) is 24.0 Å². The molecule has 1 unspecified atom stereocenters. The molecule has 8 nitrogen and oxygen atoms in total. The van der Waals surface area contributed by atoms with Gasteiger partial charge in [-0.2, -0.15) is 5.26 Å². The molecule has 1 amide bonds. The Kier molecular flexibility index (Phi) is 4.77. The van der Waals surface area contributed by atoms with Crippen molar-refractivity contribution in [3.63, 3.8) is 0 Å². The van der Waals surface area contributed by atoms with Crippen molar-refractivity contribution < 1.29 is 14.0 Å². The fourth-order valence-electron chi connectivity index (χ4n) is 3.64. The van der Waals surface area contributed by atoms with Crippen LogP contribution in [0.4, 0.5) is 5.95 Å². The number of nitriles is 1. The molecule has 0 spiro atoms. The van der Waals surface area contributed by atoms with Gasteiger partial charge in [-0.3, -0.25) is 9.63 Å². The number of aromatic nitrogens is 2. The zero-order valence-corrected chi connectivity index (χ0v) is 15.2. The molecule has 0 radical (unpaired) electrons. The predicted octanol–water partition coefficient (Wildman–Crippen LogP) is 2.37. The number of aryl methyl sites for hydroxylation is 1. The highest BCUT2D eigenvalue weighted by atomic mass is 16.7. The summed E-state index contributed by atoms with van der Waals surface area (Å²) in [5, 5.41) is 10.5. The molecule has 2 aliphatic rings. The first-order valence-electron chi connectivity index (χ1n) is 9.15. The van der Waals surface area contributed by atoms with E-state index in [-0.39, 0.29) is 17.9 Å². The van der Waals surface area contributed by atoms with Crippen LogP contribution in [-0.2, 0) is 9.63 Å². The molecule has 2 saturated heterocycles. The van der Waals surface area contributed by atoms with Crippen LogP contribution in [0.1, 0.15) is 42.3 Å². The second-order valence-corrected chi connectivity index (χ2v) is 6.94. The third kappa shape index (κ3) is 3.51. The van der Waals surface area contributed by atoms with Crippen LogP contribution in [0.5, 0.6) is 0 Å². The first-order chi connectivity index (χ1) is 13.2. The normalized spacial score (nSPS) is 20.7. The number of carbonyl (C=O) groups excluding carboxylic acids is 1.